The van der Waals surface area contributed by atoms with E-state index in [1.54, 1.807) is 11.8 Å². The number of hydrogen-bond acceptors (Lipinski definition) is 5. The quantitative estimate of drug-likeness (QED) is 0.923. The predicted molar refractivity (Wildman–Crippen MR) is 90.7 cm³/mol. The van der Waals surface area contributed by atoms with Crippen molar-refractivity contribution in [2.45, 2.75) is 38.9 Å². The second-order valence-corrected chi connectivity index (χ2v) is 7.19. The maximum atomic E-state index is 14.0. The van der Waals surface area contributed by atoms with Crippen molar-refractivity contribution in [3.8, 4) is 11.5 Å². The molecule has 1 saturated heterocycles. The van der Waals surface area contributed by atoms with Crippen molar-refractivity contribution in [2.75, 3.05) is 18.4 Å². The highest BCUT2D eigenvalue weighted by molar-refractivity contribution is 5.84. The minimum absolute atomic E-state index is 0.137. The lowest BCUT2D eigenvalue weighted by Gasteiger charge is -2.20. The average Bonchev–Trinajstić information content (AvgIpc) is 3.11. The summed E-state index contributed by atoms with van der Waals surface area (Å²) in [5, 5.41) is 10.9. The molecule has 1 spiro atoms. The molecule has 0 unspecified atom stereocenters. The monoisotopic (exact) mass is 344 g/mol. The highest BCUT2D eigenvalue weighted by atomic mass is 19.1. The molecule has 132 valence electrons. The van der Waals surface area contributed by atoms with Gasteiger partial charge in [0.15, 0.2) is 0 Å². The predicted octanol–water partition coefficient (Wildman–Crippen LogP) is 2.81. The van der Waals surface area contributed by atoms with E-state index in [2.05, 4.69) is 15.5 Å². The first-order valence-corrected chi connectivity index (χ1v) is 8.57. The first kappa shape index (κ1) is 16.1. The summed E-state index contributed by atoms with van der Waals surface area (Å²) in [4.78, 5) is 14.1. The molecule has 1 aromatic carbocycles. The average molecular weight is 344 g/mol. The third-order valence-electron chi connectivity index (χ3n) is 5.19. The van der Waals surface area contributed by atoms with Gasteiger partial charge in [-0.05, 0) is 38.8 Å². The van der Waals surface area contributed by atoms with Crippen LogP contribution in [0.3, 0.4) is 0 Å². The lowest BCUT2D eigenvalue weighted by atomic mass is 10.1. The van der Waals surface area contributed by atoms with Gasteiger partial charge in [-0.15, -0.1) is 5.10 Å². The minimum Gasteiger partial charge on any atom is -0.403 e. The van der Waals surface area contributed by atoms with Gasteiger partial charge in [0.2, 0.25) is 11.8 Å². The summed E-state index contributed by atoms with van der Waals surface area (Å²) in [6.45, 7) is 4.42. The SMILES string of the molecule is Cc1ccc(-c2nnc(N[C@H](C)C(=O)N3C[C@H](F)C4(CC4)C3)o2)cc1. The number of likely N-dealkylation sites (tertiary alicyclic amines) is 1. The van der Waals surface area contributed by atoms with Crippen molar-refractivity contribution in [3.63, 3.8) is 0 Å². The van der Waals surface area contributed by atoms with E-state index < -0.39 is 12.2 Å². The number of nitrogens with one attached hydrogen (secondary N) is 1. The smallest absolute Gasteiger partial charge is 0.316 e. The van der Waals surface area contributed by atoms with Crippen LogP contribution in [0.5, 0.6) is 0 Å². The minimum atomic E-state index is -0.903. The van der Waals surface area contributed by atoms with Crippen molar-refractivity contribution in [1.29, 1.82) is 0 Å². The van der Waals surface area contributed by atoms with Gasteiger partial charge in [-0.2, -0.15) is 0 Å². The fourth-order valence-corrected chi connectivity index (χ4v) is 3.35. The van der Waals surface area contributed by atoms with Crippen LogP contribution >= 0.6 is 0 Å². The van der Waals surface area contributed by atoms with Gasteiger partial charge in [0, 0.05) is 17.5 Å². The maximum Gasteiger partial charge on any atom is 0.316 e. The number of alkyl halides is 1. The van der Waals surface area contributed by atoms with Crippen molar-refractivity contribution in [3.05, 3.63) is 29.8 Å². The molecule has 1 amide bonds. The Labute approximate surface area is 145 Å². The van der Waals surface area contributed by atoms with Crippen molar-refractivity contribution in [2.24, 2.45) is 5.41 Å². The summed E-state index contributed by atoms with van der Waals surface area (Å²) in [5.74, 6) is 0.255. The number of aryl methyl sites for hydroxylation is 1. The molecule has 2 aromatic rings. The number of rotatable bonds is 4. The fourth-order valence-electron chi connectivity index (χ4n) is 3.35. The van der Waals surface area contributed by atoms with E-state index >= 15 is 0 Å². The van der Waals surface area contributed by atoms with Crippen LogP contribution in [0.15, 0.2) is 28.7 Å². The number of halogens is 1. The van der Waals surface area contributed by atoms with Crippen LogP contribution in [0.2, 0.25) is 0 Å². The summed E-state index contributed by atoms with van der Waals surface area (Å²) in [6, 6.07) is 7.38. The van der Waals surface area contributed by atoms with Gasteiger partial charge < -0.3 is 14.6 Å². The number of benzene rings is 1. The first-order valence-electron chi connectivity index (χ1n) is 8.57. The third kappa shape index (κ3) is 2.99. The van der Waals surface area contributed by atoms with Gasteiger partial charge in [0.25, 0.3) is 0 Å². The number of hydrogen-bond donors (Lipinski definition) is 1. The summed E-state index contributed by atoms with van der Waals surface area (Å²) < 4.78 is 19.6. The van der Waals surface area contributed by atoms with Gasteiger partial charge in [-0.1, -0.05) is 22.8 Å². The molecular formula is C18H21FN4O2. The van der Waals surface area contributed by atoms with E-state index in [9.17, 15) is 9.18 Å². The number of amides is 1. The standard InChI is InChI=1S/C18H21FN4O2/c1-11-3-5-13(6-4-11)15-21-22-17(25-15)20-12(2)16(24)23-9-14(19)18(10-23)7-8-18/h3-6,12,14H,7-10H2,1-2H3,(H,20,22)/t12-,14+/m1/s1. The van der Waals surface area contributed by atoms with Crippen LogP contribution < -0.4 is 5.32 Å². The molecule has 1 aromatic heterocycles. The second kappa shape index (κ2) is 5.82. The number of nitrogens with zero attached hydrogens (tertiary/aromatic N) is 3. The zero-order valence-electron chi connectivity index (χ0n) is 14.3. The Morgan fingerprint density at radius 1 is 1.36 bits per heavy atom. The Kier molecular flexibility index (Phi) is 3.74. The van der Waals surface area contributed by atoms with E-state index in [0.29, 0.717) is 12.4 Å². The Bertz CT molecular complexity index is 785. The number of carbonyl (C=O) groups excluding carboxylic acids is 1. The van der Waals surface area contributed by atoms with Crippen LogP contribution in [0, 0.1) is 12.3 Å². The molecule has 6 nitrogen and oxygen atoms in total. The Hall–Kier alpha value is -2.44. The van der Waals surface area contributed by atoms with Crippen LogP contribution in [0.25, 0.3) is 11.5 Å². The molecule has 1 aliphatic heterocycles. The first-order chi connectivity index (χ1) is 12.0. The van der Waals surface area contributed by atoms with Gasteiger partial charge in [-0.3, -0.25) is 4.79 Å². The Morgan fingerprint density at radius 2 is 2.08 bits per heavy atom. The Morgan fingerprint density at radius 3 is 2.72 bits per heavy atom. The zero-order chi connectivity index (χ0) is 17.6. The molecule has 2 fully saturated rings. The van der Waals surface area contributed by atoms with E-state index in [4.69, 9.17) is 4.42 Å². The number of carbonyl (C=O) groups is 1. The molecule has 25 heavy (non-hydrogen) atoms. The molecule has 4 rings (SSSR count). The van der Waals surface area contributed by atoms with E-state index in [1.165, 1.54) is 0 Å². The molecule has 2 heterocycles. The fraction of sp³-hybridized carbons (Fsp3) is 0.500. The van der Waals surface area contributed by atoms with E-state index in [0.717, 1.165) is 24.0 Å². The molecule has 0 bridgehead atoms. The molecule has 1 N–H and O–H groups in total. The molecule has 0 radical (unpaired) electrons. The molecular weight excluding hydrogens is 323 g/mol. The van der Waals surface area contributed by atoms with Crippen LogP contribution in [0.4, 0.5) is 10.4 Å². The highest BCUT2D eigenvalue weighted by Crippen LogP contribution is 2.54. The molecule has 7 heteroatoms. The molecule has 2 atom stereocenters. The molecule has 1 aliphatic carbocycles. The zero-order valence-corrected chi connectivity index (χ0v) is 14.3. The van der Waals surface area contributed by atoms with Crippen LogP contribution in [-0.2, 0) is 4.79 Å². The largest absolute Gasteiger partial charge is 0.403 e. The van der Waals surface area contributed by atoms with Crippen LogP contribution in [0.1, 0.15) is 25.3 Å². The molecule has 1 saturated carbocycles. The lowest BCUT2D eigenvalue weighted by molar-refractivity contribution is -0.131. The summed E-state index contributed by atoms with van der Waals surface area (Å²) >= 11 is 0. The number of anilines is 1. The van der Waals surface area contributed by atoms with Crippen molar-refractivity contribution < 1.29 is 13.6 Å². The maximum absolute atomic E-state index is 14.0. The number of aromatic nitrogens is 2. The summed E-state index contributed by atoms with van der Waals surface area (Å²) in [7, 11) is 0. The normalized spacial score (nSPS) is 22.2. The Balaban J connectivity index is 1.40. The van der Waals surface area contributed by atoms with Gasteiger partial charge in [0.1, 0.15) is 12.2 Å². The topological polar surface area (TPSA) is 71.3 Å². The molecule has 2 aliphatic rings. The second-order valence-electron chi connectivity index (χ2n) is 7.19. The van der Waals surface area contributed by atoms with E-state index in [-0.39, 0.29) is 23.9 Å². The van der Waals surface area contributed by atoms with Gasteiger partial charge >= 0.3 is 6.01 Å². The lowest BCUT2D eigenvalue weighted by Crippen LogP contribution is -2.40. The van der Waals surface area contributed by atoms with E-state index in [1.807, 2.05) is 31.2 Å². The summed E-state index contributed by atoms with van der Waals surface area (Å²) in [5.41, 5.74) is 1.70. The van der Waals surface area contributed by atoms with Crippen LogP contribution in [-0.4, -0.2) is 46.3 Å². The van der Waals surface area contributed by atoms with Gasteiger partial charge in [-0.25, -0.2) is 4.39 Å². The highest BCUT2D eigenvalue weighted by Gasteiger charge is 2.56. The van der Waals surface area contributed by atoms with Crippen molar-refractivity contribution >= 4 is 11.9 Å². The van der Waals surface area contributed by atoms with Crippen molar-refractivity contribution in [1.82, 2.24) is 15.1 Å². The third-order valence-corrected chi connectivity index (χ3v) is 5.19. The van der Waals surface area contributed by atoms with Gasteiger partial charge in [0.05, 0.1) is 6.54 Å². The summed E-state index contributed by atoms with van der Waals surface area (Å²) in [6.07, 6.45) is 0.854.